The third-order valence-electron chi connectivity index (χ3n) is 5.74. The summed E-state index contributed by atoms with van der Waals surface area (Å²) in [6.45, 7) is 8.14. The minimum absolute atomic E-state index is 0.287. The highest BCUT2D eigenvalue weighted by Gasteiger charge is 2.39. The first kappa shape index (κ1) is 15.4. The van der Waals surface area contributed by atoms with Crippen LogP contribution in [0.1, 0.15) is 57.2 Å². The summed E-state index contributed by atoms with van der Waals surface area (Å²) in [5, 5.41) is 3.89. The van der Waals surface area contributed by atoms with Crippen molar-refractivity contribution in [2.75, 3.05) is 13.1 Å². The molecule has 1 N–H and O–H groups in total. The molecule has 1 aromatic heterocycles. The minimum Gasteiger partial charge on any atom is -0.311 e. The number of rotatable bonds is 4. The van der Waals surface area contributed by atoms with Gasteiger partial charge in [-0.15, -0.1) is 11.3 Å². The zero-order chi connectivity index (χ0) is 14.7. The zero-order valence-electron chi connectivity index (χ0n) is 13.5. The Labute approximate surface area is 133 Å². The molecule has 0 amide bonds. The molecule has 0 spiro atoms. The van der Waals surface area contributed by atoms with Gasteiger partial charge in [-0.3, -0.25) is 9.88 Å². The molecule has 21 heavy (non-hydrogen) atoms. The predicted octanol–water partition coefficient (Wildman–Crippen LogP) is 3.67. The Bertz CT molecular complexity index is 427. The molecule has 0 bridgehead atoms. The molecule has 0 radical (unpaired) electrons. The normalized spacial score (nSPS) is 32.4. The number of nitrogens with zero attached hydrogens (tertiary/aromatic N) is 2. The van der Waals surface area contributed by atoms with E-state index in [2.05, 4.69) is 29.0 Å². The fraction of sp³-hybridized carbons (Fsp3) is 0.824. The van der Waals surface area contributed by atoms with Crippen LogP contribution in [0.15, 0.2) is 11.7 Å². The second-order valence-corrected chi connectivity index (χ2v) is 8.06. The lowest BCUT2D eigenvalue weighted by Crippen LogP contribution is -2.64. The molecular weight excluding hydrogens is 278 g/mol. The predicted molar refractivity (Wildman–Crippen MR) is 89.6 cm³/mol. The zero-order valence-corrected chi connectivity index (χ0v) is 14.3. The van der Waals surface area contributed by atoms with Crippen molar-refractivity contribution in [1.29, 1.82) is 0 Å². The van der Waals surface area contributed by atoms with Crippen molar-refractivity contribution >= 4 is 11.3 Å². The second kappa shape index (κ2) is 6.76. The highest BCUT2D eigenvalue weighted by molar-refractivity contribution is 7.09. The largest absolute Gasteiger partial charge is 0.311 e. The smallest absolute Gasteiger partial charge is 0.0794 e. The molecular formula is C17H29N3S. The molecule has 2 atom stereocenters. The van der Waals surface area contributed by atoms with Crippen LogP contribution in [0.3, 0.4) is 0 Å². The lowest BCUT2D eigenvalue weighted by atomic mass is 9.81. The van der Waals surface area contributed by atoms with Gasteiger partial charge in [0.15, 0.2) is 0 Å². The maximum atomic E-state index is 4.25. The molecule has 1 saturated carbocycles. The van der Waals surface area contributed by atoms with Crippen LogP contribution in [-0.2, 0) is 6.54 Å². The summed E-state index contributed by atoms with van der Waals surface area (Å²) < 4.78 is 0. The maximum Gasteiger partial charge on any atom is 0.0794 e. The van der Waals surface area contributed by atoms with E-state index in [0.717, 1.165) is 19.0 Å². The Morgan fingerprint density at radius 3 is 2.86 bits per heavy atom. The van der Waals surface area contributed by atoms with Gasteiger partial charge >= 0.3 is 0 Å². The lowest BCUT2D eigenvalue weighted by molar-refractivity contribution is 0.0237. The van der Waals surface area contributed by atoms with Gasteiger partial charge in [-0.25, -0.2) is 0 Å². The van der Waals surface area contributed by atoms with E-state index in [4.69, 9.17) is 0 Å². The molecule has 0 aromatic carbocycles. The van der Waals surface area contributed by atoms with Crippen LogP contribution in [0.2, 0.25) is 0 Å². The van der Waals surface area contributed by atoms with Crippen LogP contribution in [0.5, 0.6) is 0 Å². The van der Waals surface area contributed by atoms with Crippen molar-refractivity contribution in [2.24, 2.45) is 5.92 Å². The molecule has 4 heteroatoms. The molecule has 1 aromatic rings. The minimum atomic E-state index is 0.287. The van der Waals surface area contributed by atoms with Crippen molar-refractivity contribution in [3.8, 4) is 0 Å². The topological polar surface area (TPSA) is 28.2 Å². The Morgan fingerprint density at radius 1 is 1.38 bits per heavy atom. The van der Waals surface area contributed by atoms with E-state index in [0.29, 0.717) is 6.04 Å². The van der Waals surface area contributed by atoms with Crippen LogP contribution >= 0.6 is 11.3 Å². The number of piperazine rings is 1. The van der Waals surface area contributed by atoms with Gasteiger partial charge in [-0.1, -0.05) is 26.2 Å². The lowest BCUT2D eigenvalue weighted by Gasteiger charge is -2.50. The van der Waals surface area contributed by atoms with Crippen LogP contribution < -0.4 is 5.32 Å². The van der Waals surface area contributed by atoms with Gasteiger partial charge in [0, 0.05) is 42.3 Å². The molecule has 1 aliphatic carbocycles. The molecule has 2 heterocycles. The van der Waals surface area contributed by atoms with Crippen LogP contribution in [0, 0.1) is 5.92 Å². The summed E-state index contributed by atoms with van der Waals surface area (Å²) in [5.41, 5.74) is 2.24. The van der Waals surface area contributed by atoms with E-state index in [9.17, 15) is 0 Å². The third kappa shape index (κ3) is 3.49. The number of aromatic nitrogens is 1. The molecule has 2 fully saturated rings. The molecule has 1 saturated heterocycles. The second-order valence-electron chi connectivity index (χ2n) is 7.08. The van der Waals surface area contributed by atoms with Crippen molar-refractivity contribution in [3.63, 3.8) is 0 Å². The summed E-state index contributed by atoms with van der Waals surface area (Å²) in [7, 11) is 0. The van der Waals surface area contributed by atoms with Crippen molar-refractivity contribution in [1.82, 2.24) is 15.2 Å². The highest BCUT2D eigenvalue weighted by Crippen LogP contribution is 2.32. The SMILES string of the molecule is CCC1(C)CNC(C2CCCCC2)CN1Cc1cncs1. The Kier molecular flexibility index (Phi) is 4.97. The van der Waals surface area contributed by atoms with E-state index in [1.807, 2.05) is 11.7 Å². The van der Waals surface area contributed by atoms with Crippen molar-refractivity contribution in [2.45, 2.75) is 70.5 Å². The van der Waals surface area contributed by atoms with E-state index in [1.165, 1.54) is 49.9 Å². The number of thiazole rings is 1. The third-order valence-corrected chi connectivity index (χ3v) is 6.50. The average Bonchev–Trinajstić information content (AvgIpc) is 3.03. The average molecular weight is 308 g/mol. The first-order valence-corrected chi connectivity index (χ1v) is 9.45. The molecule has 2 unspecified atom stereocenters. The van der Waals surface area contributed by atoms with Gasteiger partial charge in [0.1, 0.15) is 0 Å². The number of hydrogen-bond donors (Lipinski definition) is 1. The summed E-state index contributed by atoms with van der Waals surface area (Å²) in [6.07, 6.45) is 10.4. The van der Waals surface area contributed by atoms with E-state index < -0.39 is 0 Å². The number of hydrogen-bond acceptors (Lipinski definition) is 4. The quantitative estimate of drug-likeness (QED) is 0.920. The summed E-state index contributed by atoms with van der Waals surface area (Å²) in [4.78, 5) is 8.37. The summed E-state index contributed by atoms with van der Waals surface area (Å²) >= 11 is 1.79. The van der Waals surface area contributed by atoms with Crippen LogP contribution in [-0.4, -0.2) is 34.6 Å². The van der Waals surface area contributed by atoms with Gasteiger partial charge in [-0.05, 0) is 32.1 Å². The maximum absolute atomic E-state index is 4.25. The van der Waals surface area contributed by atoms with E-state index in [-0.39, 0.29) is 5.54 Å². The first-order valence-electron chi connectivity index (χ1n) is 8.57. The van der Waals surface area contributed by atoms with Gasteiger partial charge < -0.3 is 5.32 Å². The fourth-order valence-electron chi connectivity index (χ4n) is 3.95. The van der Waals surface area contributed by atoms with Crippen LogP contribution in [0.25, 0.3) is 0 Å². The van der Waals surface area contributed by atoms with Crippen molar-refractivity contribution in [3.05, 3.63) is 16.6 Å². The first-order chi connectivity index (χ1) is 10.2. The molecule has 1 aliphatic heterocycles. The van der Waals surface area contributed by atoms with Crippen molar-refractivity contribution < 1.29 is 0 Å². The Morgan fingerprint density at radius 2 is 2.19 bits per heavy atom. The monoisotopic (exact) mass is 307 g/mol. The molecule has 3 nitrogen and oxygen atoms in total. The summed E-state index contributed by atoms with van der Waals surface area (Å²) in [5.74, 6) is 0.893. The number of nitrogens with one attached hydrogen (secondary N) is 1. The molecule has 118 valence electrons. The van der Waals surface area contributed by atoms with Crippen LogP contribution in [0.4, 0.5) is 0 Å². The van der Waals surface area contributed by atoms with Gasteiger partial charge in [0.05, 0.1) is 5.51 Å². The summed E-state index contributed by atoms with van der Waals surface area (Å²) in [6, 6.07) is 0.692. The highest BCUT2D eigenvalue weighted by atomic mass is 32.1. The van der Waals surface area contributed by atoms with Gasteiger partial charge in [0.25, 0.3) is 0 Å². The standard InChI is InChI=1S/C17H29N3S/c1-3-17(2)12-19-16(14-7-5-4-6-8-14)11-20(17)10-15-9-18-13-21-15/h9,13-14,16,19H,3-8,10-12H2,1-2H3. The fourth-order valence-corrected chi connectivity index (χ4v) is 4.56. The Balaban J connectivity index is 1.69. The molecule has 3 rings (SSSR count). The van der Waals surface area contributed by atoms with Gasteiger partial charge in [0.2, 0.25) is 0 Å². The van der Waals surface area contributed by atoms with E-state index in [1.54, 1.807) is 11.3 Å². The molecule has 2 aliphatic rings. The Hall–Kier alpha value is -0.450. The van der Waals surface area contributed by atoms with E-state index >= 15 is 0 Å². The van der Waals surface area contributed by atoms with Gasteiger partial charge in [-0.2, -0.15) is 0 Å².